The molecule has 0 spiro atoms. The predicted molar refractivity (Wildman–Crippen MR) is 220 cm³/mol. The van der Waals surface area contributed by atoms with Crippen LogP contribution in [0, 0.1) is 74.9 Å². The minimum Gasteiger partial charge on any atom is -0.481 e. The highest BCUT2D eigenvalue weighted by Gasteiger charge is 2.70. The van der Waals surface area contributed by atoms with Crippen LogP contribution in [0.15, 0.2) is 15.6 Å². The van der Waals surface area contributed by atoms with Crippen LogP contribution < -0.4 is 0 Å². The summed E-state index contributed by atoms with van der Waals surface area (Å²) in [5, 5.41) is 18.1. The van der Waals surface area contributed by atoms with Crippen molar-refractivity contribution in [3.8, 4) is 0 Å². The number of carboxylic acids is 1. The van der Waals surface area contributed by atoms with Crippen LogP contribution in [0.1, 0.15) is 145 Å². The van der Waals surface area contributed by atoms with Crippen molar-refractivity contribution < 1.29 is 28.6 Å². The van der Waals surface area contributed by atoms with E-state index in [9.17, 15) is 19.5 Å². The zero-order valence-corrected chi connectivity index (χ0v) is 37.4. The van der Waals surface area contributed by atoms with Crippen molar-refractivity contribution in [2.75, 3.05) is 33.7 Å². The number of esters is 1. The first kappa shape index (κ1) is 42.5. The maximum atomic E-state index is 14.3. The molecule has 6 aliphatic rings. The van der Waals surface area contributed by atoms with Crippen LogP contribution in [-0.4, -0.2) is 82.7 Å². The number of rotatable bonds is 12. The van der Waals surface area contributed by atoms with Gasteiger partial charge in [-0.1, -0.05) is 67.9 Å². The Hall–Kier alpha value is -2.59. The molecule has 10 atom stereocenters. The number of aromatic nitrogens is 2. The van der Waals surface area contributed by atoms with Crippen molar-refractivity contribution in [2.45, 2.75) is 153 Å². The van der Waals surface area contributed by atoms with Crippen molar-refractivity contribution in [3.05, 3.63) is 22.9 Å². The smallest absolute Gasteiger partial charge is 0.309 e. The number of carboxylic acid groups (broad SMARTS) is 1. The maximum Gasteiger partial charge on any atom is 0.309 e. The minimum atomic E-state index is -0.819. The number of ketones is 1. The molecule has 0 bridgehead atoms. The first-order chi connectivity index (χ1) is 26.5. The molecular formula is C47H74N4O6. The molecule has 0 unspecified atom stereocenters. The van der Waals surface area contributed by atoms with Gasteiger partial charge in [0.1, 0.15) is 6.10 Å². The Bertz CT molecular complexity index is 1780. The van der Waals surface area contributed by atoms with Gasteiger partial charge in [0, 0.05) is 37.3 Å². The number of fused-ring (bicyclic) bond motifs is 7. The standard InChI is InChI=1S/C47H74N4O6/c1-28(2)38-33(52)26-47(21-22-51(24-23-50(11)12)27-37-49-48-29(3)56-37)20-19-45(9)30(39(38)47)13-14-35-44(8)17-16-36(43(6,7)34(44)15-18-46(35,45)10)57-41(55)32-25-31(40(53)54)42(32,4)5/h28,30-32,34-36H,13-27H2,1-12H3,(H,53,54)/t30-,31+,32-,34+,35-,36+,44+,45-,46-,47-/m1/s1. The lowest BCUT2D eigenvalue weighted by Crippen LogP contribution is -2.66. The molecular weight excluding hydrogens is 717 g/mol. The lowest BCUT2D eigenvalue weighted by atomic mass is 9.33. The number of hydrogen-bond acceptors (Lipinski definition) is 9. The van der Waals surface area contributed by atoms with Crippen LogP contribution in [0.2, 0.25) is 0 Å². The number of ether oxygens (including phenoxy) is 1. The van der Waals surface area contributed by atoms with Gasteiger partial charge in [-0.05, 0) is 136 Å². The van der Waals surface area contributed by atoms with Crippen molar-refractivity contribution in [1.82, 2.24) is 20.0 Å². The van der Waals surface area contributed by atoms with Crippen LogP contribution in [0.25, 0.3) is 0 Å². The van der Waals surface area contributed by atoms with Gasteiger partial charge < -0.3 is 19.2 Å². The fourth-order valence-electron chi connectivity index (χ4n) is 14.8. The van der Waals surface area contributed by atoms with E-state index in [0.717, 1.165) is 76.6 Å². The van der Waals surface area contributed by atoms with E-state index < -0.39 is 17.3 Å². The van der Waals surface area contributed by atoms with E-state index in [1.165, 1.54) is 12.0 Å². The number of allylic oxidation sites excluding steroid dienone is 2. The topological polar surface area (TPSA) is 126 Å². The summed E-state index contributed by atoms with van der Waals surface area (Å²) in [7, 11) is 4.23. The summed E-state index contributed by atoms with van der Waals surface area (Å²) >= 11 is 0. The largest absolute Gasteiger partial charge is 0.481 e. The molecule has 0 aromatic carbocycles. The van der Waals surface area contributed by atoms with E-state index in [1.54, 1.807) is 0 Å². The van der Waals surface area contributed by atoms with E-state index in [-0.39, 0.29) is 51.0 Å². The number of carbonyl (C=O) groups is 3. The van der Waals surface area contributed by atoms with Crippen molar-refractivity contribution in [1.29, 1.82) is 0 Å². The molecule has 0 radical (unpaired) electrons. The first-order valence-corrected chi connectivity index (χ1v) is 22.4. The van der Waals surface area contributed by atoms with E-state index >= 15 is 0 Å². The Morgan fingerprint density at radius 1 is 0.860 bits per heavy atom. The number of Topliss-reactive ketones (excluding diaryl/α,β-unsaturated/α-hetero) is 1. The molecule has 0 amide bonds. The van der Waals surface area contributed by atoms with Crippen LogP contribution in [0.5, 0.6) is 0 Å². The number of aryl methyl sites for hydroxylation is 1. The molecule has 0 aliphatic heterocycles. The van der Waals surface area contributed by atoms with Gasteiger partial charge >= 0.3 is 11.9 Å². The highest BCUT2D eigenvalue weighted by molar-refractivity contribution is 6.00. The summed E-state index contributed by atoms with van der Waals surface area (Å²) in [6.45, 7) is 26.0. The molecule has 1 N–H and O–H groups in total. The second-order valence-electron chi connectivity index (χ2n) is 22.3. The number of aliphatic carboxylic acids is 1. The maximum absolute atomic E-state index is 14.3. The molecule has 0 saturated heterocycles. The number of hydrogen-bond donors (Lipinski definition) is 1. The normalized spacial score (nSPS) is 39.4. The minimum absolute atomic E-state index is 0.0866. The number of likely N-dealkylation sites (N-methyl/N-ethyl adjacent to an activating group) is 1. The van der Waals surface area contributed by atoms with Gasteiger partial charge in [-0.2, -0.15) is 0 Å². The Kier molecular flexibility index (Phi) is 10.9. The van der Waals surface area contributed by atoms with E-state index in [1.807, 2.05) is 20.8 Å². The summed E-state index contributed by atoms with van der Waals surface area (Å²) in [4.78, 5) is 44.4. The third kappa shape index (κ3) is 6.68. The SMILES string of the molecule is Cc1nnc(CN(CCN(C)C)CC[C@@]23CC[C@]4(C)[C@H](CC[C@@H]5[C@@]6(C)CC[C@H](OC(=O)[C@H]7C[C@@H](C(=O)O)C7(C)C)C(C)(C)[C@@H]6CC[C@]54C)C2=C(C(C)C)C(=O)C3)o1. The lowest BCUT2D eigenvalue weighted by Gasteiger charge is -2.72. The molecule has 5 fully saturated rings. The fraction of sp³-hybridized carbons (Fsp3) is 0.851. The van der Waals surface area contributed by atoms with Crippen molar-refractivity contribution >= 4 is 17.7 Å². The Labute approximate surface area is 342 Å². The molecule has 6 aliphatic carbocycles. The zero-order chi connectivity index (χ0) is 41.7. The molecule has 1 heterocycles. The van der Waals surface area contributed by atoms with E-state index in [4.69, 9.17) is 9.15 Å². The third-order valence-electron chi connectivity index (χ3n) is 18.3. The molecule has 57 heavy (non-hydrogen) atoms. The van der Waals surface area contributed by atoms with Gasteiger partial charge in [0.15, 0.2) is 5.78 Å². The number of nitrogens with zero attached hydrogens (tertiary/aromatic N) is 4. The van der Waals surface area contributed by atoms with Gasteiger partial charge in [-0.3, -0.25) is 19.3 Å². The van der Waals surface area contributed by atoms with Gasteiger partial charge in [0.25, 0.3) is 0 Å². The van der Waals surface area contributed by atoms with Crippen LogP contribution in [-0.2, 0) is 25.7 Å². The van der Waals surface area contributed by atoms with Gasteiger partial charge in [0.2, 0.25) is 11.8 Å². The second kappa shape index (κ2) is 14.6. The molecule has 318 valence electrons. The predicted octanol–water partition coefficient (Wildman–Crippen LogP) is 8.77. The average Bonchev–Trinajstić information content (AvgIpc) is 3.65. The van der Waals surface area contributed by atoms with E-state index in [2.05, 4.69) is 82.6 Å². The van der Waals surface area contributed by atoms with Gasteiger partial charge in [-0.25, -0.2) is 0 Å². The quantitative estimate of drug-likeness (QED) is 0.206. The summed E-state index contributed by atoms with van der Waals surface area (Å²) in [5.74, 6) is 1.33. The number of carbonyl (C=O) groups excluding carboxylic acids is 2. The Morgan fingerprint density at radius 3 is 2.19 bits per heavy atom. The van der Waals surface area contributed by atoms with Crippen LogP contribution in [0.4, 0.5) is 0 Å². The molecule has 10 nitrogen and oxygen atoms in total. The molecule has 10 heteroatoms. The van der Waals surface area contributed by atoms with Gasteiger partial charge in [0.05, 0.1) is 18.4 Å². The monoisotopic (exact) mass is 791 g/mol. The summed E-state index contributed by atoms with van der Waals surface area (Å²) in [6.07, 6.45) is 10.5. The van der Waals surface area contributed by atoms with Gasteiger partial charge in [-0.15, -0.1) is 10.2 Å². The highest BCUT2D eigenvalue weighted by Crippen LogP contribution is 2.77. The molecule has 1 aromatic rings. The lowest BCUT2D eigenvalue weighted by molar-refractivity contribution is -0.236. The Morgan fingerprint density at radius 2 is 1.58 bits per heavy atom. The summed E-state index contributed by atoms with van der Waals surface area (Å²) in [6, 6.07) is 0. The molecule has 1 aromatic heterocycles. The van der Waals surface area contributed by atoms with E-state index in [0.29, 0.717) is 54.7 Å². The van der Waals surface area contributed by atoms with Crippen LogP contribution >= 0.6 is 0 Å². The molecule has 7 rings (SSSR count). The Balaban J connectivity index is 1.13. The fourth-order valence-corrected chi connectivity index (χ4v) is 14.8. The van der Waals surface area contributed by atoms with Crippen molar-refractivity contribution in [2.24, 2.45) is 68.0 Å². The average molecular weight is 791 g/mol. The zero-order valence-electron chi connectivity index (χ0n) is 37.4. The van der Waals surface area contributed by atoms with Crippen molar-refractivity contribution in [3.63, 3.8) is 0 Å². The highest BCUT2D eigenvalue weighted by atomic mass is 16.5. The second-order valence-corrected chi connectivity index (χ2v) is 22.3. The summed E-state index contributed by atoms with van der Waals surface area (Å²) in [5.41, 5.74) is 2.13. The third-order valence-corrected chi connectivity index (χ3v) is 18.3. The van der Waals surface area contributed by atoms with Crippen LogP contribution in [0.3, 0.4) is 0 Å². The summed E-state index contributed by atoms with van der Waals surface area (Å²) < 4.78 is 12.3. The first-order valence-electron chi connectivity index (χ1n) is 22.4. The molecule has 5 saturated carbocycles.